The van der Waals surface area contributed by atoms with Gasteiger partial charge in [0.25, 0.3) is 0 Å². The van der Waals surface area contributed by atoms with Crippen LogP contribution in [0.25, 0.3) is 0 Å². The van der Waals surface area contributed by atoms with Gasteiger partial charge in [0.05, 0.1) is 6.04 Å². The lowest BCUT2D eigenvalue weighted by atomic mass is 10.1. The van der Waals surface area contributed by atoms with E-state index in [1.165, 1.54) is 0 Å². The van der Waals surface area contributed by atoms with Gasteiger partial charge in [-0.05, 0) is 25.5 Å². The quantitative estimate of drug-likeness (QED) is 0.797. The summed E-state index contributed by atoms with van der Waals surface area (Å²) in [5.41, 5.74) is 7.39. The number of nitrogens with zero attached hydrogens (tertiary/aromatic N) is 1. The highest BCUT2D eigenvalue weighted by atomic mass is 16.2. The summed E-state index contributed by atoms with van der Waals surface area (Å²) in [4.78, 5) is 15.7. The number of nitrogens with two attached hydrogens (primary N) is 1. The van der Waals surface area contributed by atoms with Crippen molar-refractivity contribution in [3.05, 3.63) is 24.0 Å². The van der Waals surface area contributed by atoms with Crippen LogP contribution in [0.15, 0.2) is 18.3 Å². The SMILES string of the molecule is CCCCC(N)C(=O)Nc1ccnc(C)c1. The molecule has 0 saturated carbocycles. The molecule has 0 aromatic carbocycles. The summed E-state index contributed by atoms with van der Waals surface area (Å²) in [6.07, 6.45) is 4.42. The van der Waals surface area contributed by atoms with Crippen molar-refractivity contribution in [2.75, 3.05) is 5.32 Å². The van der Waals surface area contributed by atoms with Crippen LogP contribution in [0.5, 0.6) is 0 Å². The maximum atomic E-state index is 11.7. The van der Waals surface area contributed by atoms with Crippen molar-refractivity contribution in [2.24, 2.45) is 5.73 Å². The van der Waals surface area contributed by atoms with Gasteiger partial charge in [-0.3, -0.25) is 9.78 Å². The first-order chi connectivity index (χ1) is 7.63. The van der Waals surface area contributed by atoms with Crippen LogP contribution in [0.1, 0.15) is 31.9 Å². The van der Waals surface area contributed by atoms with E-state index in [9.17, 15) is 4.79 Å². The van der Waals surface area contributed by atoms with Crippen molar-refractivity contribution >= 4 is 11.6 Å². The number of aromatic nitrogens is 1. The molecule has 0 aliphatic heterocycles. The van der Waals surface area contributed by atoms with E-state index in [1.807, 2.05) is 13.0 Å². The van der Waals surface area contributed by atoms with Crippen LogP contribution in [0.2, 0.25) is 0 Å². The van der Waals surface area contributed by atoms with Crippen LogP contribution in [-0.4, -0.2) is 16.9 Å². The van der Waals surface area contributed by atoms with Crippen LogP contribution >= 0.6 is 0 Å². The minimum atomic E-state index is -0.423. The minimum Gasteiger partial charge on any atom is -0.325 e. The molecule has 0 fully saturated rings. The lowest BCUT2D eigenvalue weighted by Gasteiger charge is -2.11. The Morgan fingerprint density at radius 1 is 1.62 bits per heavy atom. The number of amides is 1. The van der Waals surface area contributed by atoms with E-state index in [2.05, 4.69) is 17.2 Å². The lowest BCUT2D eigenvalue weighted by Crippen LogP contribution is -2.35. The maximum Gasteiger partial charge on any atom is 0.241 e. The highest BCUT2D eigenvalue weighted by Crippen LogP contribution is 2.08. The van der Waals surface area contributed by atoms with Gasteiger partial charge in [-0.25, -0.2) is 0 Å². The highest BCUT2D eigenvalue weighted by molar-refractivity contribution is 5.94. The predicted octanol–water partition coefficient (Wildman–Crippen LogP) is 1.85. The Labute approximate surface area is 96.3 Å². The average Bonchev–Trinajstić information content (AvgIpc) is 2.25. The first-order valence-electron chi connectivity index (χ1n) is 5.62. The second-order valence-electron chi connectivity index (χ2n) is 3.92. The molecule has 0 radical (unpaired) electrons. The number of carbonyl (C=O) groups is 1. The Balaban J connectivity index is 2.50. The van der Waals surface area contributed by atoms with Crippen LogP contribution in [0.3, 0.4) is 0 Å². The van der Waals surface area contributed by atoms with Gasteiger partial charge < -0.3 is 11.1 Å². The molecule has 4 nitrogen and oxygen atoms in total. The zero-order valence-corrected chi connectivity index (χ0v) is 9.86. The number of hydrogen-bond acceptors (Lipinski definition) is 3. The van der Waals surface area contributed by atoms with Crippen molar-refractivity contribution in [3.63, 3.8) is 0 Å². The monoisotopic (exact) mass is 221 g/mol. The van der Waals surface area contributed by atoms with E-state index < -0.39 is 6.04 Å². The molecule has 1 heterocycles. The zero-order chi connectivity index (χ0) is 12.0. The molecule has 1 rings (SSSR count). The van der Waals surface area contributed by atoms with Crippen molar-refractivity contribution in [3.8, 4) is 0 Å². The normalized spacial score (nSPS) is 12.2. The van der Waals surface area contributed by atoms with Gasteiger partial charge in [0.15, 0.2) is 0 Å². The molecule has 0 saturated heterocycles. The van der Waals surface area contributed by atoms with Crippen LogP contribution < -0.4 is 11.1 Å². The maximum absolute atomic E-state index is 11.7. The third-order valence-corrected chi connectivity index (χ3v) is 2.37. The highest BCUT2D eigenvalue weighted by Gasteiger charge is 2.12. The van der Waals surface area contributed by atoms with Gasteiger partial charge in [-0.15, -0.1) is 0 Å². The Morgan fingerprint density at radius 3 is 3.00 bits per heavy atom. The molecule has 0 bridgehead atoms. The van der Waals surface area contributed by atoms with Gasteiger partial charge in [0.1, 0.15) is 0 Å². The number of pyridine rings is 1. The second-order valence-corrected chi connectivity index (χ2v) is 3.92. The number of nitrogens with one attached hydrogen (secondary N) is 1. The molecule has 88 valence electrons. The Morgan fingerprint density at radius 2 is 2.38 bits per heavy atom. The van der Waals surface area contributed by atoms with Crippen molar-refractivity contribution in [1.29, 1.82) is 0 Å². The molecule has 0 aliphatic rings. The van der Waals surface area contributed by atoms with Gasteiger partial charge in [-0.1, -0.05) is 19.8 Å². The summed E-state index contributed by atoms with van der Waals surface area (Å²) < 4.78 is 0. The molecule has 3 N–H and O–H groups in total. The number of hydrogen-bond donors (Lipinski definition) is 2. The number of rotatable bonds is 5. The van der Waals surface area contributed by atoms with Gasteiger partial charge >= 0.3 is 0 Å². The minimum absolute atomic E-state index is 0.126. The van der Waals surface area contributed by atoms with Crippen LogP contribution in [-0.2, 0) is 4.79 Å². The van der Waals surface area contributed by atoms with Crippen LogP contribution in [0, 0.1) is 6.92 Å². The Bertz CT molecular complexity index is 352. The van der Waals surface area contributed by atoms with E-state index in [1.54, 1.807) is 12.3 Å². The zero-order valence-electron chi connectivity index (χ0n) is 9.86. The summed E-state index contributed by atoms with van der Waals surface area (Å²) in [5, 5.41) is 2.79. The third-order valence-electron chi connectivity index (χ3n) is 2.37. The number of aryl methyl sites for hydroxylation is 1. The first-order valence-corrected chi connectivity index (χ1v) is 5.62. The predicted molar refractivity (Wildman–Crippen MR) is 65.1 cm³/mol. The molecule has 1 unspecified atom stereocenters. The summed E-state index contributed by atoms with van der Waals surface area (Å²) in [6.45, 7) is 3.96. The smallest absolute Gasteiger partial charge is 0.241 e. The fourth-order valence-corrected chi connectivity index (χ4v) is 1.41. The molecular formula is C12H19N3O. The first kappa shape index (κ1) is 12.6. The lowest BCUT2D eigenvalue weighted by molar-refractivity contribution is -0.117. The molecule has 16 heavy (non-hydrogen) atoms. The van der Waals surface area contributed by atoms with E-state index in [-0.39, 0.29) is 5.91 Å². The largest absolute Gasteiger partial charge is 0.325 e. The average molecular weight is 221 g/mol. The van der Waals surface area contributed by atoms with Gasteiger partial charge in [-0.2, -0.15) is 0 Å². The molecule has 1 aromatic heterocycles. The standard InChI is InChI=1S/C12H19N3O/c1-3-4-5-11(13)12(16)15-10-6-7-14-9(2)8-10/h6-8,11H,3-5,13H2,1-2H3,(H,14,15,16). The number of unbranched alkanes of at least 4 members (excludes halogenated alkanes) is 1. The van der Waals surface area contributed by atoms with E-state index in [0.29, 0.717) is 0 Å². The van der Waals surface area contributed by atoms with Crippen LogP contribution in [0.4, 0.5) is 5.69 Å². The van der Waals surface area contributed by atoms with E-state index in [0.717, 1.165) is 30.6 Å². The summed E-state index contributed by atoms with van der Waals surface area (Å²) in [5.74, 6) is -0.126. The molecule has 0 aliphatic carbocycles. The topological polar surface area (TPSA) is 68.0 Å². The second kappa shape index (κ2) is 6.23. The molecule has 4 heteroatoms. The molecule has 1 aromatic rings. The number of carbonyl (C=O) groups excluding carboxylic acids is 1. The molecular weight excluding hydrogens is 202 g/mol. The molecule has 1 amide bonds. The summed E-state index contributed by atoms with van der Waals surface area (Å²) in [6, 6.07) is 3.16. The fraction of sp³-hybridized carbons (Fsp3) is 0.500. The Kier molecular flexibility index (Phi) is 4.92. The van der Waals surface area contributed by atoms with Crippen molar-refractivity contribution in [1.82, 2.24) is 4.98 Å². The van der Waals surface area contributed by atoms with Gasteiger partial charge in [0.2, 0.25) is 5.91 Å². The fourth-order valence-electron chi connectivity index (χ4n) is 1.41. The van der Waals surface area contributed by atoms with E-state index >= 15 is 0 Å². The third kappa shape index (κ3) is 3.98. The Hall–Kier alpha value is -1.42. The van der Waals surface area contributed by atoms with Crippen molar-refractivity contribution in [2.45, 2.75) is 39.2 Å². The van der Waals surface area contributed by atoms with Crippen molar-refractivity contribution < 1.29 is 4.79 Å². The summed E-state index contributed by atoms with van der Waals surface area (Å²) in [7, 11) is 0. The van der Waals surface area contributed by atoms with Gasteiger partial charge in [0, 0.05) is 17.6 Å². The summed E-state index contributed by atoms with van der Waals surface area (Å²) >= 11 is 0. The molecule has 0 spiro atoms. The molecule has 1 atom stereocenters. The number of anilines is 1. The van der Waals surface area contributed by atoms with E-state index in [4.69, 9.17) is 5.73 Å².